The van der Waals surface area contributed by atoms with E-state index < -0.39 is 23.6 Å². The standard InChI is InChI=1S/C18H13F2N7O3/c19-9-1-4-11(20)13(6-9)30-18-24-14-8(5-12-15(28)25-17(29)23-12)7-21-27(14)16(26-18)22-10-2-3-10/h1,4-7,10H,2-3H2,(H,22,24,26)(H2,23,25,28,29)/b12-5-. The maximum absolute atomic E-state index is 14.0. The number of rotatable bonds is 5. The van der Waals surface area contributed by atoms with Crippen LogP contribution in [0.5, 0.6) is 11.8 Å². The second-order valence-electron chi connectivity index (χ2n) is 6.73. The molecule has 0 atom stereocenters. The zero-order valence-corrected chi connectivity index (χ0v) is 15.1. The van der Waals surface area contributed by atoms with Crippen LogP contribution < -0.4 is 20.7 Å². The van der Waals surface area contributed by atoms with Crippen molar-refractivity contribution < 1.29 is 23.1 Å². The Bertz CT molecular complexity index is 1240. The van der Waals surface area contributed by atoms with Crippen molar-refractivity contribution in [2.24, 2.45) is 0 Å². The van der Waals surface area contributed by atoms with Gasteiger partial charge in [-0.05, 0) is 31.1 Å². The number of anilines is 1. The number of hydrogen-bond donors (Lipinski definition) is 3. The normalized spacial score (nSPS) is 17.3. The summed E-state index contributed by atoms with van der Waals surface area (Å²) in [5.41, 5.74) is 0.637. The second kappa shape index (κ2) is 6.76. The summed E-state index contributed by atoms with van der Waals surface area (Å²) in [6, 6.07) is 2.10. The maximum Gasteiger partial charge on any atom is 0.327 e. The van der Waals surface area contributed by atoms with E-state index in [2.05, 4.69) is 31.0 Å². The van der Waals surface area contributed by atoms with E-state index in [1.165, 1.54) is 16.8 Å². The molecule has 2 aliphatic rings. The lowest BCUT2D eigenvalue weighted by molar-refractivity contribution is -0.115. The van der Waals surface area contributed by atoms with Gasteiger partial charge in [-0.3, -0.25) is 10.1 Å². The molecule has 1 saturated heterocycles. The molecule has 3 heterocycles. The van der Waals surface area contributed by atoms with Gasteiger partial charge >= 0.3 is 12.0 Å². The first kappa shape index (κ1) is 18.0. The van der Waals surface area contributed by atoms with Gasteiger partial charge in [-0.15, -0.1) is 0 Å². The van der Waals surface area contributed by atoms with Crippen molar-refractivity contribution in [2.45, 2.75) is 18.9 Å². The van der Waals surface area contributed by atoms with E-state index in [1.807, 2.05) is 0 Å². The zero-order valence-electron chi connectivity index (χ0n) is 15.1. The molecule has 152 valence electrons. The summed E-state index contributed by atoms with van der Waals surface area (Å²) in [6.45, 7) is 0. The van der Waals surface area contributed by atoms with Crippen molar-refractivity contribution in [2.75, 3.05) is 5.32 Å². The number of imide groups is 1. The largest absolute Gasteiger partial charge is 0.421 e. The fourth-order valence-corrected chi connectivity index (χ4v) is 2.82. The molecule has 30 heavy (non-hydrogen) atoms. The van der Waals surface area contributed by atoms with E-state index >= 15 is 0 Å². The third-order valence-corrected chi connectivity index (χ3v) is 4.40. The fourth-order valence-electron chi connectivity index (χ4n) is 2.82. The average molecular weight is 413 g/mol. The van der Waals surface area contributed by atoms with Crippen LogP contribution in [0.1, 0.15) is 18.4 Å². The van der Waals surface area contributed by atoms with Crippen LogP contribution in [-0.4, -0.2) is 37.6 Å². The molecule has 1 aromatic carbocycles. The smallest absolute Gasteiger partial charge is 0.327 e. The topological polar surface area (TPSA) is 123 Å². The van der Waals surface area contributed by atoms with Crippen molar-refractivity contribution in [3.8, 4) is 11.8 Å². The third kappa shape index (κ3) is 3.38. The Morgan fingerprint density at radius 1 is 1.20 bits per heavy atom. The molecule has 3 N–H and O–H groups in total. The lowest BCUT2D eigenvalue weighted by Gasteiger charge is -2.10. The highest BCUT2D eigenvalue weighted by atomic mass is 19.1. The molecular weight excluding hydrogens is 400 g/mol. The summed E-state index contributed by atoms with van der Waals surface area (Å²) in [4.78, 5) is 31.6. The van der Waals surface area contributed by atoms with Gasteiger partial charge < -0.3 is 15.4 Å². The Morgan fingerprint density at radius 3 is 2.77 bits per heavy atom. The summed E-state index contributed by atoms with van der Waals surface area (Å²) in [7, 11) is 0. The first-order valence-electron chi connectivity index (χ1n) is 8.95. The molecule has 5 rings (SSSR count). The van der Waals surface area contributed by atoms with Crippen molar-refractivity contribution in [3.63, 3.8) is 0 Å². The number of benzene rings is 1. The zero-order chi connectivity index (χ0) is 20.8. The van der Waals surface area contributed by atoms with Gasteiger partial charge in [0.2, 0.25) is 5.95 Å². The monoisotopic (exact) mass is 413 g/mol. The number of fused-ring (bicyclic) bond motifs is 1. The highest BCUT2D eigenvalue weighted by Gasteiger charge is 2.26. The van der Waals surface area contributed by atoms with Gasteiger partial charge in [0, 0.05) is 17.7 Å². The molecule has 0 radical (unpaired) electrons. The van der Waals surface area contributed by atoms with Crippen LogP contribution in [-0.2, 0) is 4.79 Å². The summed E-state index contributed by atoms with van der Waals surface area (Å²) >= 11 is 0. The molecule has 0 spiro atoms. The van der Waals surface area contributed by atoms with E-state index in [4.69, 9.17) is 4.74 Å². The number of hydrogen-bond acceptors (Lipinski definition) is 7. The Kier molecular flexibility index (Phi) is 4.05. The highest BCUT2D eigenvalue weighted by molar-refractivity contribution is 6.14. The minimum atomic E-state index is -0.780. The first-order chi connectivity index (χ1) is 14.5. The van der Waals surface area contributed by atoms with E-state index in [9.17, 15) is 18.4 Å². The number of halogens is 2. The number of nitrogens with one attached hydrogen (secondary N) is 3. The average Bonchev–Trinajstić information content (AvgIpc) is 3.34. The Hall–Kier alpha value is -4.09. The maximum atomic E-state index is 14.0. The molecule has 2 aromatic heterocycles. The van der Waals surface area contributed by atoms with Crippen molar-refractivity contribution >= 4 is 29.6 Å². The van der Waals surface area contributed by atoms with Crippen LogP contribution in [0.2, 0.25) is 0 Å². The number of carbonyl (C=O) groups is 2. The number of amides is 3. The Morgan fingerprint density at radius 2 is 2.03 bits per heavy atom. The molecule has 1 aliphatic carbocycles. The minimum Gasteiger partial charge on any atom is -0.421 e. The molecule has 3 amide bonds. The molecule has 0 bridgehead atoms. The van der Waals surface area contributed by atoms with Gasteiger partial charge in [-0.25, -0.2) is 13.6 Å². The van der Waals surface area contributed by atoms with Crippen molar-refractivity contribution in [1.29, 1.82) is 0 Å². The van der Waals surface area contributed by atoms with Crippen LogP contribution in [0.25, 0.3) is 11.7 Å². The molecular formula is C18H13F2N7O3. The second-order valence-corrected chi connectivity index (χ2v) is 6.73. The molecule has 3 aromatic rings. The van der Waals surface area contributed by atoms with Crippen LogP contribution in [0.4, 0.5) is 19.5 Å². The van der Waals surface area contributed by atoms with Crippen LogP contribution in [0, 0.1) is 11.6 Å². The lowest BCUT2D eigenvalue weighted by Crippen LogP contribution is -2.22. The van der Waals surface area contributed by atoms with Gasteiger partial charge in [0.25, 0.3) is 5.91 Å². The molecule has 1 saturated carbocycles. The SMILES string of the molecule is O=C1NC(=O)/C(=C/c2cnn3c(NC4CC4)nc(Oc4cc(F)ccc4F)nc23)N1. The Labute approximate surface area is 167 Å². The summed E-state index contributed by atoms with van der Waals surface area (Å²) in [6.07, 6.45) is 4.72. The first-order valence-corrected chi connectivity index (χ1v) is 8.95. The number of urea groups is 1. The molecule has 10 nitrogen and oxygen atoms in total. The van der Waals surface area contributed by atoms with Gasteiger partial charge in [0.05, 0.1) is 6.20 Å². The predicted molar refractivity (Wildman–Crippen MR) is 98.5 cm³/mol. The van der Waals surface area contributed by atoms with Gasteiger partial charge in [-0.2, -0.15) is 19.6 Å². The predicted octanol–water partition coefficient (Wildman–Crippen LogP) is 1.95. The van der Waals surface area contributed by atoms with Crippen LogP contribution >= 0.6 is 0 Å². The summed E-state index contributed by atoms with van der Waals surface area (Å²) < 4.78 is 34.2. The number of carbonyl (C=O) groups excluding carboxylic acids is 2. The molecule has 12 heteroatoms. The fraction of sp³-hybridized carbons (Fsp3) is 0.167. The molecule has 0 unspecified atom stereocenters. The van der Waals surface area contributed by atoms with Gasteiger partial charge in [-0.1, -0.05) is 0 Å². The van der Waals surface area contributed by atoms with E-state index in [0.29, 0.717) is 11.5 Å². The molecule has 2 fully saturated rings. The number of nitrogens with zero attached hydrogens (tertiary/aromatic N) is 4. The quantitative estimate of drug-likeness (QED) is 0.432. The van der Waals surface area contributed by atoms with E-state index in [0.717, 1.165) is 31.0 Å². The van der Waals surface area contributed by atoms with Crippen molar-refractivity contribution in [1.82, 2.24) is 30.2 Å². The number of aromatic nitrogens is 4. The summed E-state index contributed by atoms with van der Waals surface area (Å²) in [5, 5.41) is 11.9. The van der Waals surface area contributed by atoms with Crippen LogP contribution in [0.15, 0.2) is 30.1 Å². The minimum absolute atomic E-state index is 0.0175. The Balaban J connectivity index is 1.59. The highest BCUT2D eigenvalue weighted by Crippen LogP contribution is 2.28. The molecule has 1 aliphatic heterocycles. The van der Waals surface area contributed by atoms with Crippen molar-refractivity contribution in [3.05, 3.63) is 47.3 Å². The number of ether oxygens (including phenoxy) is 1. The van der Waals surface area contributed by atoms with Crippen LogP contribution in [0.3, 0.4) is 0 Å². The van der Waals surface area contributed by atoms with Gasteiger partial charge in [0.15, 0.2) is 17.2 Å². The summed E-state index contributed by atoms with van der Waals surface area (Å²) in [5.74, 6) is -2.14. The van der Waals surface area contributed by atoms with E-state index in [1.54, 1.807) is 0 Å². The van der Waals surface area contributed by atoms with Gasteiger partial charge in [0.1, 0.15) is 11.5 Å². The lowest BCUT2D eigenvalue weighted by atomic mass is 10.2. The third-order valence-electron chi connectivity index (χ3n) is 4.40. The van der Waals surface area contributed by atoms with E-state index in [-0.39, 0.29) is 29.1 Å².